The predicted octanol–water partition coefficient (Wildman–Crippen LogP) is 5.54. The van der Waals surface area contributed by atoms with Gasteiger partial charge in [0.1, 0.15) is 0 Å². The summed E-state index contributed by atoms with van der Waals surface area (Å²) in [6.45, 7) is 12.3. The molecule has 4 heteroatoms. The van der Waals surface area contributed by atoms with E-state index in [-0.39, 0.29) is 12.2 Å². The molecule has 1 atom stereocenters. The van der Waals surface area contributed by atoms with E-state index in [1.165, 1.54) is 5.56 Å². The quantitative estimate of drug-likeness (QED) is 0.529. The van der Waals surface area contributed by atoms with Crippen molar-refractivity contribution in [2.45, 2.75) is 60.1 Å². The molecule has 1 heterocycles. The summed E-state index contributed by atoms with van der Waals surface area (Å²) >= 11 is 0. The van der Waals surface area contributed by atoms with Crippen LogP contribution in [0.25, 0.3) is 0 Å². The van der Waals surface area contributed by atoms with Crippen molar-refractivity contribution in [1.82, 2.24) is 0 Å². The number of para-hydroxylation sites is 1. The number of hydrogen-bond donors (Lipinski definition) is 1. The van der Waals surface area contributed by atoms with E-state index in [4.69, 9.17) is 0 Å². The summed E-state index contributed by atoms with van der Waals surface area (Å²) in [6, 6.07) is 15.1. The van der Waals surface area contributed by atoms with Crippen LogP contribution in [0.4, 0.5) is 5.69 Å². The van der Waals surface area contributed by atoms with Gasteiger partial charge in [-0.3, -0.25) is 9.59 Å². The van der Waals surface area contributed by atoms with E-state index >= 15 is 0 Å². The molecule has 0 saturated heterocycles. The SMILES string of the molecule is Cc1ccccc1CN1C(=O)C(O)(CC(=O)c2c(C)c(C)c(C)c(C)c2C)c2ccccc21. The van der Waals surface area contributed by atoms with Crippen LogP contribution in [0.5, 0.6) is 0 Å². The summed E-state index contributed by atoms with van der Waals surface area (Å²) < 4.78 is 0. The van der Waals surface area contributed by atoms with E-state index < -0.39 is 11.5 Å². The third kappa shape index (κ3) is 3.59. The number of hydrogen-bond acceptors (Lipinski definition) is 3. The average molecular weight is 442 g/mol. The van der Waals surface area contributed by atoms with E-state index in [0.29, 0.717) is 23.4 Å². The highest BCUT2D eigenvalue weighted by atomic mass is 16.3. The topological polar surface area (TPSA) is 57.6 Å². The monoisotopic (exact) mass is 441 g/mol. The minimum atomic E-state index is -1.89. The lowest BCUT2D eigenvalue weighted by molar-refractivity contribution is -0.136. The number of ketones is 1. The van der Waals surface area contributed by atoms with Crippen molar-refractivity contribution in [2.24, 2.45) is 0 Å². The fourth-order valence-electron chi connectivity index (χ4n) is 5.03. The summed E-state index contributed by atoms with van der Waals surface area (Å²) in [6.07, 6.45) is -0.281. The average Bonchev–Trinajstić information content (AvgIpc) is 3.00. The molecule has 0 aromatic heterocycles. The molecular weight excluding hydrogens is 410 g/mol. The molecular formula is C29H31NO3. The first-order valence-corrected chi connectivity index (χ1v) is 11.4. The van der Waals surface area contributed by atoms with Gasteiger partial charge in [0.15, 0.2) is 11.4 Å². The molecule has 1 unspecified atom stereocenters. The number of anilines is 1. The first kappa shape index (κ1) is 22.9. The largest absolute Gasteiger partial charge is 0.375 e. The van der Waals surface area contributed by atoms with Crippen molar-refractivity contribution in [3.63, 3.8) is 0 Å². The van der Waals surface area contributed by atoms with Crippen LogP contribution in [0.1, 0.15) is 61.3 Å². The first-order chi connectivity index (χ1) is 15.6. The van der Waals surface area contributed by atoms with Crippen LogP contribution in [0.2, 0.25) is 0 Å². The number of nitrogens with zero attached hydrogens (tertiary/aromatic N) is 1. The second-order valence-corrected chi connectivity index (χ2v) is 9.30. The van der Waals surface area contributed by atoms with Crippen molar-refractivity contribution in [2.75, 3.05) is 4.90 Å². The van der Waals surface area contributed by atoms with Crippen molar-refractivity contribution in [3.05, 3.63) is 98.6 Å². The van der Waals surface area contributed by atoms with Crippen LogP contribution in [0.3, 0.4) is 0 Å². The van der Waals surface area contributed by atoms with Crippen LogP contribution < -0.4 is 4.90 Å². The Kier molecular flexibility index (Phi) is 5.75. The molecule has 3 aromatic carbocycles. The predicted molar refractivity (Wildman–Crippen MR) is 132 cm³/mol. The second-order valence-electron chi connectivity index (χ2n) is 9.30. The normalized spacial score (nSPS) is 17.4. The van der Waals surface area contributed by atoms with E-state index in [2.05, 4.69) is 6.92 Å². The number of carbonyl (C=O) groups excluding carboxylic acids is 2. The Hall–Kier alpha value is -3.24. The van der Waals surface area contributed by atoms with Crippen molar-refractivity contribution in [1.29, 1.82) is 0 Å². The highest BCUT2D eigenvalue weighted by Crippen LogP contribution is 2.44. The Morgan fingerprint density at radius 1 is 0.818 bits per heavy atom. The molecule has 4 rings (SSSR count). The molecule has 33 heavy (non-hydrogen) atoms. The summed E-state index contributed by atoms with van der Waals surface area (Å²) in [5.74, 6) is -0.657. The van der Waals surface area contributed by atoms with Crippen LogP contribution in [0, 0.1) is 41.5 Å². The maximum Gasteiger partial charge on any atom is 0.264 e. The van der Waals surface area contributed by atoms with Gasteiger partial charge in [0.05, 0.1) is 18.7 Å². The Balaban J connectivity index is 1.75. The molecule has 4 nitrogen and oxygen atoms in total. The molecule has 3 aromatic rings. The van der Waals surface area contributed by atoms with Gasteiger partial charge in [-0.1, -0.05) is 42.5 Å². The minimum Gasteiger partial charge on any atom is -0.375 e. The molecule has 0 fully saturated rings. The Morgan fingerprint density at radius 3 is 2.00 bits per heavy atom. The molecule has 0 aliphatic carbocycles. The lowest BCUT2D eigenvalue weighted by Gasteiger charge is -2.25. The molecule has 1 aliphatic rings. The van der Waals surface area contributed by atoms with Gasteiger partial charge in [-0.15, -0.1) is 0 Å². The van der Waals surface area contributed by atoms with E-state index in [1.807, 2.05) is 71.0 Å². The molecule has 0 saturated carbocycles. The lowest BCUT2D eigenvalue weighted by atomic mass is 9.82. The zero-order valence-electron chi connectivity index (χ0n) is 20.2. The minimum absolute atomic E-state index is 0.209. The molecule has 1 aliphatic heterocycles. The third-order valence-corrected chi connectivity index (χ3v) is 7.52. The van der Waals surface area contributed by atoms with Gasteiger partial charge in [0.2, 0.25) is 0 Å². The van der Waals surface area contributed by atoms with Crippen molar-refractivity contribution >= 4 is 17.4 Å². The number of carbonyl (C=O) groups is 2. The Labute approximate surface area is 195 Å². The van der Waals surface area contributed by atoms with Crippen LogP contribution >= 0.6 is 0 Å². The number of fused-ring (bicyclic) bond motifs is 1. The lowest BCUT2D eigenvalue weighted by Crippen LogP contribution is -2.41. The molecule has 0 bridgehead atoms. The molecule has 170 valence electrons. The van der Waals surface area contributed by atoms with Crippen LogP contribution in [0.15, 0.2) is 48.5 Å². The van der Waals surface area contributed by atoms with E-state index in [1.54, 1.807) is 17.0 Å². The fourth-order valence-corrected chi connectivity index (χ4v) is 5.03. The van der Waals surface area contributed by atoms with Crippen LogP contribution in [-0.4, -0.2) is 16.8 Å². The van der Waals surface area contributed by atoms with Crippen LogP contribution in [-0.2, 0) is 16.9 Å². The summed E-state index contributed by atoms with van der Waals surface area (Å²) in [5.41, 5.74) is 7.12. The van der Waals surface area contributed by atoms with Gasteiger partial charge in [-0.25, -0.2) is 0 Å². The number of aliphatic hydroxyl groups is 1. The Morgan fingerprint density at radius 2 is 1.36 bits per heavy atom. The molecule has 0 spiro atoms. The van der Waals surface area contributed by atoms with Gasteiger partial charge in [-0.05, 0) is 86.6 Å². The molecule has 0 radical (unpaired) electrons. The van der Waals surface area contributed by atoms with Gasteiger partial charge in [-0.2, -0.15) is 0 Å². The fraction of sp³-hybridized carbons (Fsp3) is 0.310. The zero-order chi connectivity index (χ0) is 24.1. The molecule has 1 N–H and O–H groups in total. The number of aryl methyl sites for hydroxylation is 1. The first-order valence-electron chi connectivity index (χ1n) is 11.4. The van der Waals surface area contributed by atoms with Crippen molar-refractivity contribution in [3.8, 4) is 0 Å². The van der Waals surface area contributed by atoms with Gasteiger partial charge >= 0.3 is 0 Å². The maximum absolute atomic E-state index is 13.6. The van der Waals surface area contributed by atoms with Gasteiger partial charge in [0, 0.05) is 11.1 Å². The number of rotatable bonds is 5. The number of benzene rings is 3. The highest BCUT2D eigenvalue weighted by molar-refractivity contribution is 6.11. The number of Topliss-reactive ketones (excluding diaryl/α,β-unsaturated/α-hetero) is 1. The summed E-state index contributed by atoms with van der Waals surface area (Å²) in [5, 5.41) is 11.7. The number of amides is 1. The highest BCUT2D eigenvalue weighted by Gasteiger charge is 2.51. The van der Waals surface area contributed by atoms with Crippen molar-refractivity contribution < 1.29 is 14.7 Å². The van der Waals surface area contributed by atoms with E-state index in [0.717, 1.165) is 33.4 Å². The van der Waals surface area contributed by atoms with Gasteiger partial charge in [0.25, 0.3) is 5.91 Å². The second kappa shape index (κ2) is 8.27. The molecule has 1 amide bonds. The third-order valence-electron chi connectivity index (χ3n) is 7.52. The van der Waals surface area contributed by atoms with Gasteiger partial charge < -0.3 is 10.0 Å². The summed E-state index contributed by atoms with van der Waals surface area (Å²) in [4.78, 5) is 28.9. The zero-order valence-corrected chi connectivity index (χ0v) is 20.2. The summed E-state index contributed by atoms with van der Waals surface area (Å²) in [7, 11) is 0. The standard InChI is InChI=1S/C29H31NO3/c1-17-11-7-8-12-23(17)16-30-25-14-10-9-13-24(25)29(33,28(30)32)15-26(31)27-21(5)19(3)18(2)20(4)22(27)6/h7-14,33H,15-16H2,1-6H3. The maximum atomic E-state index is 13.6. The Bertz CT molecular complexity index is 1260. The van der Waals surface area contributed by atoms with E-state index in [9.17, 15) is 14.7 Å². The smallest absolute Gasteiger partial charge is 0.264 e.